The van der Waals surface area contributed by atoms with Gasteiger partial charge in [-0.3, -0.25) is 0 Å². The molecule has 1 aromatic rings. The molecule has 0 aliphatic carbocycles. The first-order valence-electron chi connectivity index (χ1n) is 4.82. The lowest BCUT2D eigenvalue weighted by Gasteiger charge is -2.07. The standard InChI is InChI=1S/C11H16ClNO/c1-3-14-7-6-13-10-5-4-9(2)11(12)8-10/h4-5,8,13H,3,6-7H2,1-2H3. The molecule has 3 heteroatoms. The van der Waals surface area contributed by atoms with Gasteiger partial charge in [0.05, 0.1) is 6.61 Å². The molecular formula is C11H16ClNO. The second-order valence-electron chi connectivity index (χ2n) is 3.09. The van der Waals surface area contributed by atoms with Crippen LogP contribution in [-0.4, -0.2) is 19.8 Å². The van der Waals surface area contributed by atoms with E-state index in [2.05, 4.69) is 5.32 Å². The van der Waals surface area contributed by atoms with E-state index >= 15 is 0 Å². The molecule has 1 N–H and O–H groups in total. The molecule has 0 fully saturated rings. The molecular weight excluding hydrogens is 198 g/mol. The summed E-state index contributed by atoms with van der Waals surface area (Å²) in [5, 5.41) is 4.04. The van der Waals surface area contributed by atoms with Gasteiger partial charge in [-0.05, 0) is 31.5 Å². The van der Waals surface area contributed by atoms with E-state index in [4.69, 9.17) is 16.3 Å². The lowest BCUT2D eigenvalue weighted by molar-refractivity contribution is 0.158. The molecule has 1 aromatic carbocycles. The smallest absolute Gasteiger partial charge is 0.0638 e. The highest BCUT2D eigenvalue weighted by Gasteiger charge is 1.96. The predicted molar refractivity (Wildman–Crippen MR) is 61.2 cm³/mol. The second kappa shape index (κ2) is 5.89. The van der Waals surface area contributed by atoms with Gasteiger partial charge in [-0.15, -0.1) is 0 Å². The van der Waals surface area contributed by atoms with Crippen molar-refractivity contribution in [3.63, 3.8) is 0 Å². The van der Waals surface area contributed by atoms with Crippen molar-refractivity contribution in [2.75, 3.05) is 25.1 Å². The molecule has 0 spiro atoms. The fourth-order valence-corrected chi connectivity index (χ4v) is 1.30. The third-order valence-corrected chi connectivity index (χ3v) is 2.36. The molecule has 0 radical (unpaired) electrons. The van der Waals surface area contributed by atoms with Crippen LogP contribution >= 0.6 is 11.6 Å². The van der Waals surface area contributed by atoms with Gasteiger partial charge in [-0.2, -0.15) is 0 Å². The number of rotatable bonds is 5. The Kier molecular flexibility index (Phi) is 4.77. The number of ether oxygens (including phenoxy) is 1. The zero-order valence-corrected chi connectivity index (χ0v) is 9.40. The van der Waals surface area contributed by atoms with E-state index < -0.39 is 0 Å². The first kappa shape index (κ1) is 11.3. The van der Waals surface area contributed by atoms with E-state index in [-0.39, 0.29) is 0 Å². The molecule has 0 aromatic heterocycles. The highest BCUT2D eigenvalue weighted by molar-refractivity contribution is 6.31. The summed E-state index contributed by atoms with van der Waals surface area (Å²) in [6.07, 6.45) is 0. The molecule has 1 rings (SSSR count). The number of hydrogen-bond donors (Lipinski definition) is 1. The van der Waals surface area contributed by atoms with Crippen LogP contribution in [0.1, 0.15) is 12.5 Å². The molecule has 0 saturated carbocycles. The molecule has 14 heavy (non-hydrogen) atoms. The van der Waals surface area contributed by atoms with E-state index in [1.165, 1.54) is 0 Å². The largest absolute Gasteiger partial charge is 0.383 e. The summed E-state index contributed by atoms with van der Waals surface area (Å²) in [5.41, 5.74) is 2.14. The lowest BCUT2D eigenvalue weighted by Crippen LogP contribution is -2.08. The maximum atomic E-state index is 5.98. The summed E-state index contributed by atoms with van der Waals surface area (Å²) >= 11 is 5.98. The Hall–Kier alpha value is -0.730. The normalized spacial score (nSPS) is 10.2. The van der Waals surface area contributed by atoms with E-state index in [0.29, 0.717) is 0 Å². The minimum Gasteiger partial charge on any atom is -0.383 e. The molecule has 0 saturated heterocycles. The predicted octanol–water partition coefficient (Wildman–Crippen LogP) is 3.10. The van der Waals surface area contributed by atoms with Gasteiger partial charge in [0.1, 0.15) is 0 Å². The van der Waals surface area contributed by atoms with Gasteiger partial charge < -0.3 is 10.1 Å². The minimum atomic E-state index is 0.724. The Balaban J connectivity index is 2.39. The fourth-order valence-electron chi connectivity index (χ4n) is 1.11. The van der Waals surface area contributed by atoms with Crippen molar-refractivity contribution < 1.29 is 4.74 Å². The zero-order chi connectivity index (χ0) is 10.4. The fraction of sp³-hybridized carbons (Fsp3) is 0.455. The van der Waals surface area contributed by atoms with Crippen LogP contribution in [0, 0.1) is 6.92 Å². The van der Waals surface area contributed by atoms with Gasteiger partial charge in [0, 0.05) is 23.9 Å². The quantitative estimate of drug-likeness (QED) is 0.759. The Morgan fingerprint density at radius 1 is 1.43 bits per heavy atom. The van der Waals surface area contributed by atoms with Crippen LogP contribution in [0.15, 0.2) is 18.2 Å². The molecule has 0 aliphatic heterocycles. The van der Waals surface area contributed by atoms with Crippen LogP contribution in [0.3, 0.4) is 0 Å². The van der Waals surface area contributed by atoms with Crippen LogP contribution in [0.5, 0.6) is 0 Å². The summed E-state index contributed by atoms with van der Waals surface area (Å²) in [6.45, 7) is 6.28. The summed E-state index contributed by atoms with van der Waals surface area (Å²) < 4.78 is 5.21. The average molecular weight is 214 g/mol. The van der Waals surface area contributed by atoms with Gasteiger partial charge in [0.15, 0.2) is 0 Å². The van der Waals surface area contributed by atoms with Crippen LogP contribution in [0.2, 0.25) is 5.02 Å². The van der Waals surface area contributed by atoms with Gasteiger partial charge in [-0.25, -0.2) is 0 Å². The molecule has 0 heterocycles. The number of nitrogens with one attached hydrogen (secondary N) is 1. The molecule has 2 nitrogen and oxygen atoms in total. The van der Waals surface area contributed by atoms with Crippen LogP contribution in [-0.2, 0) is 4.74 Å². The summed E-state index contributed by atoms with van der Waals surface area (Å²) in [5.74, 6) is 0. The Morgan fingerprint density at radius 2 is 2.21 bits per heavy atom. The molecule has 0 unspecified atom stereocenters. The monoisotopic (exact) mass is 213 g/mol. The van der Waals surface area contributed by atoms with Crippen LogP contribution in [0.4, 0.5) is 5.69 Å². The number of halogens is 1. The number of hydrogen-bond acceptors (Lipinski definition) is 2. The van der Waals surface area contributed by atoms with E-state index in [0.717, 1.165) is 36.0 Å². The SMILES string of the molecule is CCOCCNc1ccc(C)c(Cl)c1. The van der Waals surface area contributed by atoms with Gasteiger partial charge >= 0.3 is 0 Å². The first-order valence-corrected chi connectivity index (χ1v) is 5.19. The maximum Gasteiger partial charge on any atom is 0.0638 e. The average Bonchev–Trinajstić information content (AvgIpc) is 2.18. The molecule has 0 amide bonds. The Labute approximate surface area is 90.2 Å². The number of aryl methyl sites for hydroxylation is 1. The highest BCUT2D eigenvalue weighted by Crippen LogP contribution is 2.19. The van der Waals surface area contributed by atoms with Crippen LogP contribution < -0.4 is 5.32 Å². The number of benzene rings is 1. The van der Waals surface area contributed by atoms with Crippen molar-refractivity contribution in [3.8, 4) is 0 Å². The second-order valence-corrected chi connectivity index (χ2v) is 3.49. The van der Waals surface area contributed by atoms with Gasteiger partial charge in [-0.1, -0.05) is 17.7 Å². The van der Waals surface area contributed by atoms with Crippen molar-refractivity contribution in [1.82, 2.24) is 0 Å². The lowest BCUT2D eigenvalue weighted by atomic mass is 10.2. The van der Waals surface area contributed by atoms with Crippen molar-refractivity contribution in [3.05, 3.63) is 28.8 Å². The third-order valence-electron chi connectivity index (χ3n) is 1.95. The molecule has 0 atom stereocenters. The third kappa shape index (κ3) is 3.56. The molecule has 0 aliphatic rings. The number of anilines is 1. The summed E-state index contributed by atoms with van der Waals surface area (Å²) in [7, 11) is 0. The van der Waals surface area contributed by atoms with Crippen molar-refractivity contribution in [2.24, 2.45) is 0 Å². The highest BCUT2D eigenvalue weighted by atomic mass is 35.5. The summed E-state index contributed by atoms with van der Waals surface area (Å²) in [6, 6.07) is 5.96. The Bertz CT molecular complexity index is 289. The Morgan fingerprint density at radius 3 is 2.86 bits per heavy atom. The topological polar surface area (TPSA) is 21.3 Å². The maximum absolute atomic E-state index is 5.98. The van der Waals surface area contributed by atoms with Gasteiger partial charge in [0.25, 0.3) is 0 Å². The zero-order valence-electron chi connectivity index (χ0n) is 8.64. The van der Waals surface area contributed by atoms with Crippen molar-refractivity contribution >= 4 is 17.3 Å². The van der Waals surface area contributed by atoms with Crippen molar-refractivity contribution in [2.45, 2.75) is 13.8 Å². The molecule has 78 valence electrons. The minimum absolute atomic E-state index is 0.724. The first-order chi connectivity index (χ1) is 6.74. The summed E-state index contributed by atoms with van der Waals surface area (Å²) in [4.78, 5) is 0. The molecule has 0 bridgehead atoms. The van der Waals surface area contributed by atoms with E-state index in [1.807, 2.05) is 32.0 Å². The van der Waals surface area contributed by atoms with Crippen molar-refractivity contribution in [1.29, 1.82) is 0 Å². The van der Waals surface area contributed by atoms with E-state index in [9.17, 15) is 0 Å². The van der Waals surface area contributed by atoms with Crippen LogP contribution in [0.25, 0.3) is 0 Å². The van der Waals surface area contributed by atoms with Gasteiger partial charge in [0.2, 0.25) is 0 Å². The van der Waals surface area contributed by atoms with E-state index in [1.54, 1.807) is 0 Å².